The van der Waals surface area contributed by atoms with E-state index in [1.807, 2.05) is 6.07 Å². The van der Waals surface area contributed by atoms with Crippen LogP contribution >= 0.6 is 11.6 Å². The number of carbonyl (C=O) groups is 2. The fourth-order valence-corrected chi connectivity index (χ4v) is 4.86. The highest BCUT2D eigenvalue weighted by Crippen LogP contribution is 2.37. The van der Waals surface area contributed by atoms with Crippen molar-refractivity contribution < 1.29 is 14.7 Å². The number of carbonyl (C=O) groups excluding carboxylic acids is 2. The van der Waals surface area contributed by atoms with Crippen LogP contribution in [0.4, 0.5) is 0 Å². The first-order valence-corrected chi connectivity index (χ1v) is 11.0. The summed E-state index contributed by atoms with van der Waals surface area (Å²) < 4.78 is 0. The van der Waals surface area contributed by atoms with Gasteiger partial charge in [0.15, 0.2) is 5.60 Å². The third kappa shape index (κ3) is 4.18. The summed E-state index contributed by atoms with van der Waals surface area (Å²) in [6.45, 7) is 1.07. The van der Waals surface area contributed by atoms with Gasteiger partial charge in [-0.05, 0) is 61.4 Å². The molecule has 1 aromatic carbocycles. The number of amides is 2. The zero-order valence-corrected chi connectivity index (χ0v) is 18.1. The Bertz CT molecular complexity index is 999. The summed E-state index contributed by atoms with van der Waals surface area (Å²) in [4.78, 5) is 32.3. The quantitative estimate of drug-likeness (QED) is 0.656. The van der Waals surface area contributed by atoms with Crippen molar-refractivity contribution in [3.63, 3.8) is 0 Å². The molecule has 0 saturated carbocycles. The van der Waals surface area contributed by atoms with Gasteiger partial charge in [0.1, 0.15) is 6.04 Å². The maximum absolute atomic E-state index is 13.5. The number of rotatable bonds is 5. The van der Waals surface area contributed by atoms with Crippen LogP contribution < -0.4 is 11.1 Å². The number of likely N-dealkylation sites (tertiary alicyclic amines) is 1. The van der Waals surface area contributed by atoms with Gasteiger partial charge in [-0.3, -0.25) is 14.6 Å². The van der Waals surface area contributed by atoms with Crippen molar-refractivity contribution in [3.8, 4) is 0 Å². The lowest BCUT2D eigenvalue weighted by Crippen LogP contribution is -2.54. The second-order valence-electron chi connectivity index (χ2n) is 8.20. The maximum atomic E-state index is 13.5. The minimum atomic E-state index is -1.63. The summed E-state index contributed by atoms with van der Waals surface area (Å²) in [5.74, 6) is -0.649. The molecule has 164 valence electrons. The molecule has 1 saturated heterocycles. The molecular weight excluding hydrogens is 416 g/mol. The standard InChI is InChI=1S/C23H27ClN4O3/c24-17-8-7-15(13-25)16(12-17)14-27-21(29)20-6-3-11-28(20)22(30)23(31)9-1-5-19-18(23)4-2-10-26-19/h2,4,7-8,10,12,20,31H,1,3,5-6,9,11,13-14,25H2,(H,27,29). The summed E-state index contributed by atoms with van der Waals surface area (Å²) in [5.41, 5.74) is 7.22. The number of hydrogen-bond donors (Lipinski definition) is 3. The summed E-state index contributed by atoms with van der Waals surface area (Å²) >= 11 is 6.08. The number of hydrogen-bond acceptors (Lipinski definition) is 5. The summed E-state index contributed by atoms with van der Waals surface area (Å²) in [6.07, 6.45) is 4.69. The van der Waals surface area contributed by atoms with Gasteiger partial charge < -0.3 is 21.1 Å². The molecule has 2 aliphatic rings. The number of halogens is 1. The van der Waals surface area contributed by atoms with Crippen LogP contribution in [-0.2, 0) is 34.7 Å². The predicted molar refractivity (Wildman–Crippen MR) is 117 cm³/mol. The van der Waals surface area contributed by atoms with E-state index in [1.54, 1.807) is 30.5 Å². The van der Waals surface area contributed by atoms with E-state index in [4.69, 9.17) is 17.3 Å². The van der Waals surface area contributed by atoms with Crippen molar-refractivity contribution in [1.82, 2.24) is 15.2 Å². The van der Waals surface area contributed by atoms with Gasteiger partial charge in [-0.2, -0.15) is 0 Å². The van der Waals surface area contributed by atoms with Gasteiger partial charge in [-0.25, -0.2) is 0 Å². The van der Waals surface area contributed by atoms with E-state index in [1.165, 1.54) is 4.90 Å². The third-order valence-electron chi connectivity index (χ3n) is 6.30. The molecule has 2 atom stereocenters. The number of pyridine rings is 1. The van der Waals surface area contributed by atoms with E-state index in [9.17, 15) is 14.7 Å². The van der Waals surface area contributed by atoms with E-state index in [-0.39, 0.29) is 12.5 Å². The lowest BCUT2D eigenvalue weighted by Gasteiger charge is -2.37. The van der Waals surface area contributed by atoms with Gasteiger partial charge in [0.2, 0.25) is 5.91 Å². The van der Waals surface area contributed by atoms with Crippen molar-refractivity contribution in [2.75, 3.05) is 6.54 Å². The van der Waals surface area contributed by atoms with Gasteiger partial charge in [-0.1, -0.05) is 23.7 Å². The van der Waals surface area contributed by atoms with Gasteiger partial charge in [0.25, 0.3) is 5.91 Å². The Balaban J connectivity index is 1.50. The van der Waals surface area contributed by atoms with Crippen molar-refractivity contribution in [2.45, 2.75) is 56.8 Å². The number of nitrogens with zero attached hydrogens (tertiary/aromatic N) is 2. The second kappa shape index (κ2) is 8.94. The molecule has 2 heterocycles. The van der Waals surface area contributed by atoms with Crippen LogP contribution in [0.25, 0.3) is 0 Å². The van der Waals surface area contributed by atoms with Crippen molar-refractivity contribution in [3.05, 3.63) is 63.9 Å². The largest absolute Gasteiger partial charge is 0.375 e. The Morgan fingerprint density at radius 1 is 1.29 bits per heavy atom. The van der Waals surface area contributed by atoms with E-state index in [2.05, 4.69) is 10.3 Å². The van der Waals surface area contributed by atoms with Crippen LogP contribution in [0, 0.1) is 0 Å². The molecule has 0 radical (unpaired) electrons. The Labute approximate surface area is 186 Å². The Hall–Kier alpha value is -2.48. The Kier molecular flexibility index (Phi) is 6.27. The predicted octanol–water partition coefficient (Wildman–Crippen LogP) is 2.02. The van der Waals surface area contributed by atoms with Gasteiger partial charge >= 0.3 is 0 Å². The van der Waals surface area contributed by atoms with Crippen molar-refractivity contribution in [2.24, 2.45) is 5.73 Å². The number of nitrogens with one attached hydrogen (secondary N) is 1. The molecule has 1 fully saturated rings. The normalized spacial score (nSPS) is 22.8. The monoisotopic (exact) mass is 442 g/mol. The van der Waals surface area contributed by atoms with E-state index < -0.39 is 17.6 Å². The molecule has 7 nitrogen and oxygen atoms in total. The summed E-state index contributed by atoms with van der Waals surface area (Å²) in [6, 6.07) is 8.29. The maximum Gasteiger partial charge on any atom is 0.259 e. The molecule has 4 N–H and O–H groups in total. The van der Waals surface area contributed by atoms with Crippen LogP contribution in [0.15, 0.2) is 36.5 Å². The second-order valence-corrected chi connectivity index (χ2v) is 8.64. The van der Waals surface area contributed by atoms with Crippen LogP contribution in [0.5, 0.6) is 0 Å². The van der Waals surface area contributed by atoms with E-state index >= 15 is 0 Å². The van der Waals surface area contributed by atoms with Crippen LogP contribution in [0.3, 0.4) is 0 Å². The number of aryl methyl sites for hydroxylation is 1. The number of nitrogens with two attached hydrogens (primary N) is 1. The summed E-state index contributed by atoms with van der Waals surface area (Å²) in [7, 11) is 0. The summed E-state index contributed by atoms with van der Waals surface area (Å²) in [5, 5.41) is 14.9. The molecule has 2 aromatic rings. The smallest absolute Gasteiger partial charge is 0.259 e. The van der Waals surface area contributed by atoms with Crippen molar-refractivity contribution in [1.29, 1.82) is 0 Å². The third-order valence-corrected chi connectivity index (χ3v) is 6.53. The number of aliphatic hydroxyl groups is 1. The molecule has 0 bridgehead atoms. The molecule has 31 heavy (non-hydrogen) atoms. The number of aromatic nitrogens is 1. The zero-order valence-electron chi connectivity index (χ0n) is 17.3. The first kappa shape index (κ1) is 21.7. The van der Waals surface area contributed by atoms with Gasteiger partial charge in [0.05, 0.1) is 0 Å². The minimum absolute atomic E-state index is 0.236. The molecular formula is C23H27ClN4O3. The van der Waals surface area contributed by atoms with Gasteiger partial charge in [-0.15, -0.1) is 0 Å². The molecule has 4 rings (SSSR count). The highest BCUT2D eigenvalue weighted by molar-refractivity contribution is 6.30. The average Bonchev–Trinajstić information content (AvgIpc) is 3.27. The molecule has 1 aromatic heterocycles. The molecule has 8 heteroatoms. The fraction of sp³-hybridized carbons (Fsp3) is 0.435. The van der Waals surface area contributed by atoms with Crippen molar-refractivity contribution >= 4 is 23.4 Å². The zero-order chi connectivity index (χ0) is 22.0. The molecule has 1 aliphatic carbocycles. The molecule has 2 unspecified atom stereocenters. The van der Waals surface area contributed by atoms with Crippen LogP contribution in [0.1, 0.15) is 48.1 Å². The Morgan fingerprint density at radius 2 is 2.13 bits per heavy atom. The topological polar surface area (TPSA) is 109 Å². The van der Waals surface area contributed by atoms with Crippen LogP contribution in [0.2, 0.25) is 5.02 Å². The first-order valence-electron chi connectivity index (χ1n) is 10.7. The number of benzene rings is 1. The SMILES string of the molecule is NCc1ccc(Cl)cc1CNC(=O)C1CCCN1C(=O)C1(O)CCCc2ncccc21. The van der Waals surface area contributed by atoms with E-state index in [0.29, 0.717) is 49.4 Å². The molecule has 1 aliphatic heterocycles. The minimum Gasteiger partial charge on any atom is -0.375 e. The number of fused-ring (bicyclic) bond motifs is 1. The van der Waals surface area contributed by atoms with Gasteiger partial charge in [0, 0.05) is 42.1 Å². The highest BCUT2D eigenvalue weighted by atomic mass is 35.5. The lowest BCUT2D eigenvalue weighted by molar-refractivity contribution is -0.157. The molecule has 0 spiro atoms. The first-order chi connectivity index (χ1) is 14.9. The molecule has 2 amide bonds. The van der Waals surface area contributed by atoms with E-state index in [0.717, 1.165) is 23.2 Å². The highest BCUT2D eigenvalue weighted by Gasteiger charge is 2.48. The fourth-order valence-electron chi connectivity index (χ4n) is 4.66. The lowest BCUT2D eigenvalue weighted by atomic mass is 9.80. The average molecular weight is 443 g/mol. The van der Waals surface area contributed by atoms with Crippen LogP contribution in [-0.4, -0.2) is 39.4 Å². The Morgan fingerprint density at radius 3 is 2.94 bits per heavy atom.